The Kier molecular flexibility index (Phi) is 9.04. The van der Waals surface area contributed by atoms with Crippen molar-refractivity contribution in [2.45, 2.75) is 13.1 Å². The van der Waals surface area contributed by atoms with Gasteiger partial charge in [-0.05, 0) is 35.4 Å². The molecule has 0 spiro atoms. The maximum atomic E-state index is 13.3. The molecule has 3 aromatic rings. The fourth-order valence-electron chi connectivity index (χ4n) is 3.67. The summed E-state index contributed by atoms with van der Waals surface area (Å²) in [5.41, 5.74) is 1.93. The Morgan fingerprint density at radius 2 is 1.61 bits per heavy atom. The number of amides is 3. The van der Waals surface area contributed by atoms with Crippen molar-refractivity contribution in [1.29, 1.82) is 0 Å². The summed E-state index contributed by atoms with van der Waals surface area (Å²) in [5.74, 6) is -1.77. The number of fused-ring (bicyclic) bond motifs is 1. The molecule has 0 aromatic heterocycles. The van der Waals surface area contributed by atoms with Crippen LogP contribution in [0.5, 0.6) is 11.5 Å². The van der Waals surface area contributed by atoms with Crippen molar-refractivity contribution in [2.75, 3.05) is 30.2 Å². The molecule has 11 heteroatoms. The molecule has 4 rings (SSSR count). The van der Waals surface area contributed by atoms with E-state index in [0.717, 1.165) is 5.56 Å². The summed E-state index contributed by atoms with van der Waals surface area (Å²) in [5, 5.41) is 5.38. The number of rotatable bonds is 11. The van der Waals surface area contributed by atoms with E-state index < -0.39 is 45.8 Å². The third-order valence-corrected chi connectivity index (χ3v) is 6.69. The SMILES string of the molecule is O=C(CN(Cc1ccc(F)cc1)C(=O)C[S@](=O)CC(=O)Nc1ccc2c(c1)OCO2)NCc1ccccc1. The smallest absolute Gasteiger partial charge is 0.239 e. The molecule has 3 aromatic carbocycles. The summed E-state index contributed by atoms with van der Waals surface area (Å²) < 4.78 is 36.5. The highest BCUT2D eigenvalue weighted by molar-refractivity contribution is 7.86. The van der Waals surface area contributed by atoms with E-state index in [1.807, 2.05) is 30.3 Å². The molecule has 0 unspecified atom stereocenters. The van der Waals surface area contributed by atoms with Crippen LogP contribution in [0.15, 0.2) is 72.8 Å². The zero-order valence-corrected chi connectivity index (χ0v) is 21.2. The fraction of sp³-hybridized carbons (Fsp3) is 0.222. The van der Waals surface area contributed by atoms with E-state index in [-0.39, 0.29) is 26.4 Å². The molecule has 9 nitrogen and oxygen atoms in total. The lowest BCUT2D eigenvalue weighted by molar-refractivity contribution is -0.134. The third kappa shape index (κ3) is 7.87. The van der Waals surface area contributed by atoms with Gasteiger partial charge in [0.15, 0.2) is 11.5 Å². The summed E-state index contributed by atoms with van der Waals surface area (Å²) in [7, 11) is -1.83. The second-order valence-electron chi connectivity index (χ2n) is 8.48. The minimum atomic E-state index is -1.83. The Hall–Kier alpha value is -4.25. The number of carbonyl (C=O) groups excluding carboxylic acids is 3. The third-order valence-electron chi connectivity index (χ3n) is 5.54. The summed E-state index contributed by atoms with van der Waals surface area (Å²) in [6.45, 7) is 0.101. The average molecular weight is 540 g/mol. The van der Waals surface area contributed by atoms with E-state index >= 15 is 0 Å². The van der Waals surface area contributed by atoms with Crippen LogP contribution in [0.2, 0.25) is 0 Å². The Bertz CT molecular complexity index is 1320. The fourth-order valence-corrected chi connectivity index (χ4v) is 4.59. The zero-order valence-electron chi connectivity index (χ0n) is 20.4. The molecule has 0 saturated carbocycles. The largest absolute Gasteiger partial charge is 0.454 e. The molecule has 1 aliphatic rings. The van der Waals surface area contributed by atoms with Crippen LogP contribution < -0.4 is 20.1 Å². The van der Waals surface area contributed by atoms with Crippen LogP contribution in [-0.4, -0.2) is 51.7 Å². The average Bonchev–Trinajstić information content (AvgIpc) is 3.37. The molecular formula is C27H26FN3O6S. The first-order valence-electron chi connectivity index (χ1n) is 11.7. The van der Waals surface area contributed by atoms with Gasteiger partial charge >= 0.3 is 0 Å². The van der Waals surface area contributed by atoms with Gasteiger partial charge in [-0.2, -0.15) is 0 Å². The first-order valence-corrected chi connectivity index (χ1v) is 13.2. The molecule has 3 amide bonds. The van der Waals surface area contributed by atoms with Gasteiger partial charge in [0.05, 0.1) is 6.54 Å². The Balaban J connectivity index is 1.34. The number of halogens is 1. The highest BCUT2D eigenvalue weighted by atomic mass is 32.2. The molecule has 198 valence electrons. The molecule has 1 aliphatic heterocycles. The van der Waals surface area contributed by atoms with Crippen LogP contribution in [0.1, 0.15) is 11.1 Å². The minimum absolute atomic E-state index is 0.0124. The van der Waals surface area contributed by atoms with Crippen molar-refractivity contribution >= 4 is 34.2 Å². The number of anilines is 1. The van der Waals surface area contributed by atoms with Gasteiger partial charge in [-0.25, -0.2) is 4.39 Å². The monoisotopic (exact) mass is 539 g/mol. The predicted octanol–water partition coefficient (Wildman–Crippen LogP) is 2.59. The summed E-state index contributed by atoms with van der Waals surface area (Å²) >= 11 is 0. The highest BCUT2D eigenvalue weighted by Gasteiger charge is 2.22. The van der Waals surface area contributed by atoms with Crippen molar-refractivity contribution < 1.29 is 32.5 Å². The standard InChI is InChI=1S/C27H26FN3O6S/c28-21-8-6-20(7-9-21)14-31(15-25(32)29-13-19-4-2-1-3-5-19)27(34)17-38(35)16-26(33)30-22-10-11-23-24(12-22)37-18-36-23/h1-12H,13-18H2,(H,29,32)(H,30,33)/t38-/m1/s1. The van der Waals surface area contributed by atoms with Crippen LogP contribution in [0.4, 0.5) is 10.1 Å². The predicted molar refractivity (Wildman–Crippen MR) is 139 cm³/mol. The number of nitrogens with one attached hydrogen (secondary N) is 2. The normalized spacial score (nSPS) is 12.4. The van der Waals surface area contributed by atoms with Crippen molar-refractivity contribution in [2.24, 2.45) is 0 Å². The summed E-state index contributed by atoms with van der Waals surface area (Å²) in [4.78, 5) is 39.2. The van der Waals surface area contributed by atoms with Gasteiger partial charge in [0.25, 0.3) is 0 Å². The molecular weight excluding hydrogens is 513 g/mol. The molecule has 1 heterocycles. The van der Waals surface area contributed by atoms with Gasteiger partial charge in [-0.1, -0.05) is 42.5 Å². The van der Waals surface area contributed by atoms with Gasteiger partial charge in [-0.15, -0.1) is 0 Å². The first kappa shape index (κ1) is 26.8. The first-order chi connectivity index (χ1) is 18.4. The Labute approximate surface area is 221 Å². The highest BCUT2D eigenvalue weighted by Crippen LogP contribution is 2.34. The van der Waals surface area contributed by atoms with Gasteiger partial charge in [0.1, 0.15) is 17.3 Å². The maximum Gasteiger partial charge on any atom is 0.239 e. The maximum absolute atomic E-state index is 13.3. The van der Waals surface area contributed by atoms with E-state index in [9.17, 15) is 23.0 Å². The van der Waals surface area contributed by atoms with Gasteiger partial charge in [-0.3, -0.25) is 18.6 Å². The van der Waals surface area contributed by atoms with E-state index in [0.29, 0.717) is 22.7 Å². The van der Waals surface area contributed by atoms with Gasteiger partial charge in [0.2, 0.25) is 24.5 Å². The van der Waals surface area contributed by atoms with Crippen LogP contribution in [0, 0.1) is 5.82 Å². The van der Waals surface area contributed by atoms with Crippen molar-refractivity contribution in [3.8, 4) is 11.5 Å². The van der Waals surface area contributed by atoms with E-state index in [1.54, 1.807) is 18.2 Å². The Morgan fingerprint density at radius 3 is 2.37 bits per heavy atom. The summed E-state index contributed by atoms with van der Waals surface area (Å²) in [6, 6.07) is 19.7. The molecule has 0 aliphatic carbocycles. The van der Waals surface area contributed by atoms with Crippen LogP contribution in [-0.2, 0) is 38.3 Å². The zero-order chi connectivity index (χ0) is 26.9. The lowest BCUT2D eigenvalue weighted by Gasteiger charge is -2.22. The molecule has 38 heavy (non-hydrogen) atoms. The van der Waals surface area contributed by atoms with Crippen molar-refractivity contribution in [3.63, 3.8) is 0 Å². The topological polar surface area (TPSA) is 114 Å². The van der Waals surface area contributed by atoms with Gasteiger partial charge in [0, 0.05) is 35.6 Å². The second-order valence-corrected chi connectivity index (χ2v) is 9.94. The molecule has 1 atom stereocenters. The number of hydrogen-bond donors (Lipinski definition) is 2. The van der Waals surface area contributed by atoms with Crippen molar-refractivity contribution in [1.82, 2.24) is 10.2 Å². The van der Waals surface area contributed by atoms with Crippen LogP contribution in [0.3, 0.4) is 0 Å². The lowest BCUT2D eigenvalue weighted by Crippen LogP contribution is -2.42. The number of benzene rings is 3. The minimum Gasteiger partial charge on any atom is -0.454 e. The van der Waals surface area contributed by atoms with E-state index in [1.165, 1.54) is 29.2 Å². The number of nitrogens with zero attached hydrogens (tertiary/aromatic N) is 1. The van der Waals surface area contributed by atoms with Crippen LogP contribution >= 0.6 is 0 Å². The van der Waals surface area contributed by atoms with Crippen molar-refractivity contribution in [3.05, 3.63) is 89.7 Å². The quantitative estimate of drug-likeness (QED) is 0.387. The lowest BCUT2D eigenvalue weighted by atomic mass is 10.2. The molecule has 2 N–H and O–H groups in total. The molecule has 0 fully saturated rings. The summed E-state index contributed by atoms with van der Waals surface area (Å²) in [6.07, 6.45) is 0. The molecule has 0 saturated heterocycles. The molecule has 0 bridgehead atoms. The van der Waals surface area contributed by atoms with Crippen LogP contribution in [0.25, 0.3) is 0 Å². The Morgan fingerprint density at radius 1 is 0.868 bits per heavy atom. The number of ether oxygens (including phenoxy) is 2. The van der Waals surface area contributed by atoms with E-state index in [2.05, 4.69) is 10.6 Å². The van der Waals surface area contributed by atoms with Gasteiger partial charge < -0.3 is 25.0 Å². The number of hydrogen-bond acceptors (Lipinski definition) is 6. The number of carbonyl (C=O) groups is 3. The molecule has 0 radical (unpaired) electrons. The van der Waals surface area contributed by atoms with E-state index in [4.69, 9.17) is 9.47 Å². The second kappa shape index (κ2) is 12.8.